The summed E-state index contributed by atoms with van der Waals surface area (Å²) in [7, 11) is -3.21. The Balaban J connectivity index is 1.44. The standard InChI is InChI=1S/C19H26N6O3S/c1-14(2)29(27,28)24-9-5-15(6-10-24)18-22-21-17-13-23(11-12-25(17)18)19(26)16-3-7-20-8-4-16/h3-4,7-8,14-15H,5-6,9-13H2,1-2H3. The highest BCUT2D eigenvalue weighted by Gasteiger charge is 2.34. The third-order valence-electron chi connectivity index (χ3n) is 5.77. The fraction of sp³-hybridized carbons (Fsp3) is 0.579. The number of hydrogen-bond acceptors (Lipinski definition) is 6. The third-order valence-corrected chi connectivity index (χ3v) is 8.05. The zero-order valence-corrected chi connectivity index (χ0v) is 17.5. The van der Waals surface area contributed by atoms with Gasteiger partial charge in [-0.3, -0.25) is 9.78 Å². The van der Waals surface area contributed by atoms with Crippen molar-refractivity contribution in [2.45, 2.75) is 50.9 Å². The van der Waals surface area contributed by atoms with Crippen LogP contribution in [-0.2, 0) is 23.1 Å². The summed E-state index contributed by atoms with van der Waals surface area (Å²) >= 11 is 0. The van der Waals surface area contributed by atoms with Gasteiger partial charge in [0.25, 0.3) is 5.91 Å². The van der Waals surface area contributed by atoms with E-state index in [1.807, 2.05) is 0 Å². The number of piperidine rings is 1. The van der Waals surface area contributed by atoms with Crippen LogP contribution in [0.25, 0.3) is 0 Å². The summed E-state index contributed by atoms with van der Waals surface area (Å²) in [6, 6.07) is 3.43. The number of carbonyl (C=O) groups is 1. The average molecular weight is 419 g/mol. The van der Waals surface area contributed by atoms with Crippen molar-refractivity contribution in [2.24, 2.45) is 0 Å². The molecule has 2 aromatic heterocycles. The zero-order valence-electron chi connectivity index (χ0n) is 16.7. The maximum Gasteiger partial charge on any atom is 0.254 e. The Bertz CT molecular complexity index is 981. The van der Waals surface area contributed by atoms with Crippen LogP contribution >= 0.6 is 0 Å². The van der Waals surface area contributed by atoms with Gasteiger partial charge in [0.15, 0.2) is 5.82 Å². The molecule has 0 aromatic carbocycles. The van der Waals surface area contributed by atoms with Crippen molar-refractivity contribution in [2.75, 3.05) is 19.6 Å². The van der Waals surface area contributed by atoms with Gasteiger partial charge in [0.05, 0.1) is 11.8 Å². The summed E-state index contributed by atoms with van der Waals surface area (Å²) in [6.45, 7) is 6.14. The number of aromatic nitrogens is 4. The van der Waals surface area contributed by atoms with Crippen LogP contribution in [0, 0.1) is 0 Å². The fourth-order valence-electron chi connectivity index (χ4n) is 4.00. The molecule has 29 heavy (non-hydrogen) atoms. The van der Waals surface area contributed by atoms with Gasteiger partial charge in [-0.05, 0) is 38.8 Å². The molecule has 2 aromatic rings. The molecule has 0 saturated carbocycles. The lowest BCUT2D eigenvalue weighted by Gasteiger charge is -2.33. The van der Waals surface area contributed by atoms with Crippen LogP contribution in [0.5, 0.6) is 0 Å². The van der Waals surface area contributed by atoms with E-state index in [9.17, 15) is 13.2 Å². The monoisotopic (exact) mass is 418 g/mol. The average Bonchev–Trinajstić information content (AvgIpc) is 3.17. The normalized spacial score (nSPS) is 18.8. The first kappa shape index (κ1) is 20.0. The summed E-state index contributed by atoms with van der Waals surface area (Å²) in [5.74, 6) is 1.86. The molecule has 0 atom stereocenters. The Morgan fingerprint density at radius 3 is 2.41 bits per heavy atom. The molecular weight excluding hydrogens is 392 g/mol. The van der Waals surface area contributed by atoms with E-state index in [0.29, 0.717) is 38.3 Å². The van der Waals surface area contributed by atoms with E-state index in [-0.39, 0.29) is 11.8 Å². The highest BCUT2D eigenvalue weighted by atomic mass is 32.2. The van der Waals surface area contributed by atoms with Crippen molar-refractivity contribution in [1.82, 2.24) is 29.0 Å². The van der Waals surface area contributed by atoms with Crippen LogP contribution in [0.1, 0.15) is 54.6 Å². The predicted octanol–water partition coefficient (Wildman–Crippen LogP) is 1.25. The number of pyridine rings is 1. The molecule has 0 aliphatic carbocycles. The first-order valence-corrected chi connectivity index (χ1v) is 11.5. The Hall–Kier alpha value is -2.33. The second-order valence-electron chi connectivity index (χ2n) is 7.86. The second kappa shape index (κ2) is 7.83. The molecule has 0 N–H and O–H groups in total. The Morgan fingerprint density at radius 1 is 1.07 bits per heavy atom. The molecule has 2 aliphatic rings. The van der Waals surface area contributed by atoms with E-state index in [2.05, 4.69) is 19.7 Å². The second-order valence-corrected chi connectivity index (χ2v) is 10.3. The number of hydrogen-bond donors (Lipinski definition) is 0. The lowest BCUT2D eigenvalue weighted by Crippen LogP contribution is -2.42. The van der Waals surface area contributed by atoms with Crippen LogP contribution in [-0.4, -0.2) is 68.2 Å². The number of fused-ring (bicyclic) bond motifs is 1. The third kappa shape index (κ3) is 3.78. The molecule has 0 spiro atoms. The zero-order chi connectivity index (χ0) is 20.6. The first-order chi connectivity index (χ1) is 13.9. The fourth-order valence-corrected chi connectivity index (χ4v) is 5.32. The Kier molecular flexibility index (Phi) is 5.39. The van der Waals surface area contributed by atoms with Gasteiger partial charge in [0.2, 0.25) is 10.0 Å². The molecule has 1 amide bonds. The molecule has 2 aliphatic heterocycles. The Morgan fingerprint density at radius 2 is 1.76 bits per heavy atom. The van der Waals surface area contributed by atoms with Gasteiger partial charge in [0.1, 0.15) is 5.82 Å². The maximum absolute atomic E-state index is 12.7. The van der Waals surface area contributed by atoms with E-state index in [4.69, 9.17) is 0 Å². The van der Waals surface area contributed by atoms with Gasteiger partial charge in [-0.25, -0.2) is 12.7 Å². The summed E-state index contributed by atoms with van der Waals surface area (Å²) in [4.78, 5) is 18.4. The number of carbonyl (C=O) groups excluding carboxylic acids is 1. The van der Waals surface area contributed by atoms with E-state index in [0.717, 1.165) is 24.5 Å². The lowest BCUT2D eigenvalue weighted by atomic mass is 9.97. The van der Waals surface area contributed by atoms with Crippen LogP contribution in [0.15, 0.2) is 24.5 Å². The van der Waals surface area contributed by atoms with E-state index in [1.165, 1.54) is 0 Å². The molecule has 0 unspecified atom stereocenters. The van der Waals surface area contributed by atoms with Crippen molar-refractivity contribution in [3.05, 3.63) is 41.7 Å². The minimum atomic E-state index is -3.21. The number of nitrogens with zero attached hydrogens (tertiary/aromatic N) is 6. The number of amides is 1. The van der Waals surface area contributed by atoms with Crippen LogP contribution in [0.4, 0.5) is 0 Å². The van der Waals surface area contributed by atoms with Gasteiger partial charge >= 0.3 is 0 Å². The summed E-state index contributed by atoms with van der Waals surface area (Å²) < 4.78 is 28.5. The highest BCUT2D eigenvalue weighted by molar-refractivity contribution is 7.89. The Labute approximate surface area is 170 Å². The van der Waals surface area contributed by atoms with E-state index >= 15 is 0 Å². The largest absolute Gasteiger partial charge is 0.329 e. The quantitative estimate of drug-likeness (QED) is 0.741. The highest BCUT2D eigenvalue weighted by Crippen LogP contribution is 2.30. The molecule has 4 rings (SSSR count). The summed E-state index contributed by atoms with van der Waals surface area (Å²) in [5.41, 5.74) is 0.618. The van der Waals surface area contributed by atoms with Crippen LogP contribution < -0.4 is 0 Å². The van der Waals surface area contributed by atoms with E-state index < -0.39 is 15.3 Å². The molecule has 9 nitrogen and oxygen atoms in total. The van der Waals surface area contributed by atoms with Gasteiger partial charge < -0.3 is 9.47 Å². The van der Waals surface area contributed by atoms with Crippen molar-refractivity contribution >= 4 is 15.9 Å². The molecule has 10 heteroatoms. The summed E-state index contributed by atoms with van der Waals surface area (Å²) in [5, 5.41) is 8.34. The molecular formula is C19H26N6O3S. The van der Waals surface area contributed by atoms with Crippen molar-refractivity contribution < 1.29 is 13.2 Å². The van der Waals surface area contributed by atoms with Gasteiger partial charge in [-0.15, -0.1) is 10.2 Å². The maximum atomic E-state index is 12.7. The molecule has 0 bridgehead atoms. The van der Waals surface area contributed by atoms with Crippen molar-refractivity contribution in [3.8, 4) is 0 Å². The molecule has 156 valence electrons. The molecule has 0 radical (unpaired) electrons. The smallest absolute Gasteiger partial charge is 0.254 e. The number of rotatable bonds is 4. The molecule has 1 fully saturated rings. The lowest BCUT2D eigenvalue weighted by molar-refractivity contribution is 0.0705. The van der Waals surface area contributed by atoms with Crippen molar-refractivity contribution in [3.63, 3.8) is 0 Å². The number of sulfonamides is 1. The van der Waals surface area contributed by atoms with Gasteiger partial charge in [-0.2, -0.15) is 0 Å². The minimum absolute atomic E-state index is 0.0320. The SMILES string of the molecule is CC(C)S(=O)(=O)N1CCC(c2nnc3n2CCN(C(=O)c2ccncc2)C3)CC1. The minimum Gasteiger partial charge on any atom is -0.329 e. The van der Waals surface area contributed by atoms with Gasteiger partial charge in [-0.1, -0.05) is 0 Å². The predicted molar refractivity (Wildman–Crippen MR) is 107 cm³/mol. The van der Waals surface area contributed by atoms with E-state index in [1.54, 1.807) is 47.6 Å². The molecule has 4 heterocycles. The topological polar surface area (TPSA) is 101 Å². The van der Waals surface area contributed by atoms with Crippen LogP contribution in [0.2, 0.25) is 0 Å². The first-order valence-electron chi connectivity index (χ1n) is 9.98. The summed E-state index contributed by atoms with van der Waals surface area (Å²) in [6.07, 6.45) is 4.71. The molecule has 1 saturated heterocycles. The van der Waals surface area contributed by atoms with Gasteiger partial charge in [0, 0.05) is 50.1 Å². The van der Waals surface area contributed by atoms with Crippen molar-refractivity contribution in [1.29, 1.82) is 0 Å². The van der Waals surface area contributed by atoms with Crippen LogP contribution in [0.3, 0.4) is 0 Å².